The van der Waals surface area contributed by atoms with Crippen molar-refractivity contribution in [3.05, 3.63) is 72.9 Å². The second kappa shape index (κ2) is 56.1. The van der Waals surface area contributed by atoms with Crippen LogP contribution in [0.1, 0.15) is 265 Å². The third-order valence-corrected chi connectivity index (χ3v) is 13.6. The quantitative estimate of drug-likeness (QED) is 0.0197. The second-order valence-electron chi connectivity index (χ2n) is 19.8. The molecule has 11 nitrogen and oxygen atoms in total. The Kier molecular flexibility index (Phi) is 53.8. The molecule has 0 saturated carbocycles. The largest absolute Gasteiger partial charge is 0.472 e. The van der Waals surface area contributed by atoms with Gasteiger partial charge in [-0.05, 0) is 89.9 Å². The first-order valence-electron chi connectivity index (χ1n) is 29.8. The molecule has 0 aliphatic carbocycles. The molecule has 12 heteroatoms. The van der Waals surface area contributed by atoms with Crippen molar-refractivity contribution >= 4 is 25.7 Å². The summed E-state index contributed by atoms with van der Waals surface area (Å²) in [6.45, 7) is 4.49. The zero-order valence-electron chi connectivity index (χ0n) is 47.3. The van der Waals surface area contributed by atoms with Crippen molar-refractivity contribution < 1.29 is 52.2 Å². The standard InChI is InChI=1S/C62H109O11P/c1-4-7-10-13-16-19-22-24-26-28-29-31-33-35-38-41-44-47-50-53-62(66)73-59(55-69-60(64)51-48-45-42-39-36-21-18-15-12-9-6-3)57-71-74(67,68)70-56-58(54-63)72-61(65)52-49-46-43-40-37-34-32-30-27-25-23-20-17-14-11-8-5-2/h7,10,16-17,19-20,24-27,29,31,58-59,63H,4-6,8-9,11-15,18,21-23,28,30,32-57H2,1-3H3,(H,67,68)/b10-7-,19-16-,20-17-,26-24-,27-25-,31-29-. The summed E-state index contributed by atoms with van der Waals surface area (Å²) in [6, 6.07) is 0. The lowest BCUT2D eigenvalue weighted by Crippen LogP contribution is -2.30. The van der Waals surface area contributed by atoms with Crippen LogP contribution in [0.25, 0.3) is 0 Å². The maximum Gasteiger partial charge on any atom is 0.472 e. The Hall–Kier alpha value is -3.08. The van der Waals surface area contributed by atoms with Gasteiger partial charge in [0.25, 0.3) is 0 Å². The predicted molar refractivity (Wildman–Crippen MR) is 307 cm³/mol. The summed E-state index contributed by atoms with van der Waals surface area (Å²) in [7, 11) is -4.75. The molecule has 0 bridgehead atoms. The van der Waals surface area contributed by atoms with Crippen molar-refractivity contribution in [3.8, 4) is 0 Å². The van der Waals surface area contributed by atoms with E-state index in [4.69, 9.17) is 23.3 Å². The molecule has 0 saturated heterocycles. The van der Waals surface area contributed by atoms with E-state index in [2.05, 4.69) is 93.7 Å². The van der Waals surface area contributed by atoms with Gasteiger partial charge in [0.1, 0.15) is 12.7 Å². The van der Waals surface area contributed by atoms with Gasteiger partial charge in [0.2, 0.25) is 0 Å². The molecular weight excluding hydrogens is 952 g/mol. The molecule has 0 heterocycles. The van der Waals surface area contributed by atoms with E-state index in [0.717, 1.165) is 122 Å². The molecule has 0 radical (unpaired) electrons. The van der Waals surface area contributed by atoms with E-state index in [1.807, 2.05) is 0 Å². The fourth-order valence-corrected chi connectivity index (χ4v) is 8.87. The molecule has 0 rings (SSSR count). The number of phosphoric acid groups is 1. The number of allylic oxidation sites excluding steroid dienone is 12. The molecule has 0 aromatic rings. The lowest BCUT2D eigenvalue weighted by atomic mass is 10.1. The number of rotatable bonds is 55. The topological polar surface area (TPSA) is 155 Å². The van der Waals surface area contributed by atoms with Gasteiger partial charge in [0.05, 0.1) is 19.8 Å². The average molecular weight is 1060 g/mol. The number of ether oxygens (including phenoxy) is 3. The summed E-state index contributed by atoms with van der Waals surface area (Å²) >= 11 is 0. The second-order valence-corrected chi connectivity index (χ2v) is 21.2. The maximum absolute atomic E-state index is 12.9. The van der Waals surface area contributed by atoms with Crippen LogP contribution in [0.2, 0.25) is 0 Å². The van der Waals surface area contributed by atoms with Gasteiger partial charge in [-0.3, -0.25) is 23.4 Å². The minimum absolute atomic E-state index is 0.151. The first-order valence-corrected chi connectivity index (χ1v) is 31.3. The van der Waals surface area contributed by atoms with Gasteiger partial charge in [0.15, 0.2) is 6.10 Å². The maximum atomic E-state index is 12.9. The van der Waals surface area contributed by atoms with Gasteiger partial charge < -0.3 is 24.2 Å². The fourth-order valence-electron chi connectivity index (χ4n) is 8.08. The lowest BCUT2D eigenvalue weighted by Gasteiger charge is -2.21. The van der Waals surface area contributed by atoms with Crippen LogP contribution in [0.3, 0.4) is 0 Å². The van der Waals surface area contributed by atoms with Crippen molar-refractivity contribution in [3.63, 3.8) is 0 Å². The van der Waals surface area contributed by atoms with Crippen LogP contribution in [-0.4, -0.2) is 66.5 Å². The van der Waals surface area contributed by atoms with Crippen LogP contribution in [0.15, 0.2) is 72.9 Å². The van der Waals surface area contributed by atoms with Crippen molar-refractivity contribution in [1.29, 1.82) is 0 Å². The first kappa shape index (κ1) is 70.9. The lowest BCUT2D eigenvalue weighted by molar-refractivity contribution is -0.161. The number of hydrogen-bond acceptors (Lipinski definition) is 10. The molecule has 0 aromatic carbocycles. The fraction of sp³-hybridized carbons (Fsp3) is 0.758. The zero-order chi connectivity index (χ0) is 54.1. The number of aliphatic hydroxyl groups excluding tert-OH is 1. The smallest absolute Gasteiger partial charge is 0.462 e. The predicted octanol–water partition coefficient (Wildman–Crippen LogP) is 17.7. The van der Waals surface area contributed by atoms with E-state index in [0.29, 0.717) is 19.3 Å². The first-order chi connectivity index (χ1) is 36.2. The monoisotopic (exact) mass is 1060 g/mol. The molecule has 3 atom stereocenters. The molecule has 3 unspecified atom stereocenters. The molecule has 0 amide bonds. The summed E-state index contributed by atoms with van der Waals surface area (Å²) in [5.74, 6) is -1.48. The van der Waals surface area contributed by atoms with Crippen molar-refractivity contribution in [1.82, 2.24) is 0 Å². The molecule has 0 fully saturated rings. The summed E-state index contributed by atoms with van der Waals surface area (Å²) in [4.78, 5) is 48.6. The Morgan fingerprint density at radius 2 is 0.703 bits per heavy atom. The molecule has 428 valence electrons. The molecule has 0 spiro atoms. The van der Waals surface area contributed by atoms with Crippen LogP contribution < -0.4 is 0 Å². The highest BCUT2D eigenvalue weighted by Crippen LogP contribution is 2.43. The molecule has 0 aromatic heterocycles. The number of carbonyl (C=O) groups is 3. The number of aliphatic hydroxyl groups is 1. The van der Waals surface area contributed by atoms with Gasteiger partial charge in [0, 0.05) is 19.3 Å². The number of hydrogen-bond donors (Lipinski definition) is 2. The van der Waals surface area contributed by atoms with Crippen molar-refractivity contribution in [2.45, 2.75) is 277 Å². The van der Waals surface area contributed by atoms with E-state index >= 15 is 0 Å². The van der Waals surface area contributed by atoms with E-state index in [-0.39, 0.29) is 25.9 Å². The normalized spacial score (nSPS) is 13.9. The van der Waals surface area contributed by atoms with Crippen LogP contribution in [0.5, 0.6) is 0 Å². The van der Waals surface area contributed by atoms with Gasteiger partial charge in [-0.25, -0.2) is 4.57 Å². The number of phosphoric ester groups is 1. The highest BCUT2D eigenvalue weighted by atomic mass is 31.2. The molecule has 2 N–H and O–H groups in total. The van der Waals surface area contributed by atoms with Crippen LogP contribution in [0.4, 0.5) is 0 Å². The van der Waals surface area contributed by atoms with E-state index in [9.17, 15) is 28.9 Å². The molecule has 74 heavy (non-hydrogen) atoms. The number of esters is 3. The Bertz CT molecular complexity index is 1520. The van der Waals surface area contributed by atoms with Crippen LogP contribution >= 0.6 is 7.82 Å². The summed E-state index contributed by atoms with van der Waals surface area (Å²) in [6.07, 6.45) is 62.8. The Labute approximate surface area is 452 Å². The van der Waals surface area contributed by atoms with Gasteiger partial charge in [-0.2, -0.15) is 0 Å². The van der Waals surface area contributed by atoms with E-state index in [1.165, 1.54) is 83.5 Å². The summed E-state index contributed by atoms with van der Waals surface area (Å²) in [5, 5.41) is 9.83. The van der Waals surface area contributed by atoms with Crippen molar-refractivity contribution in [2.75, 3.05) is 26.4 Å². The summed E-state index contributed by atoms with van der Waals surface area (Å²) in [5.41, 5.74) is 0. The Balaban J connectivity index is 4.68. The van der Waals surface area contributed by atoms with Crippen molar-refractivity contribution in [2.24, 2.45) is 0 Å². The van der Waals surface area contributed by atoms with Gasteiger partial charge in [-0.15, -0.1) is 0 Å². The third kappa shape index (κ3) is 53.7. The average Bonchev–Trinajstić information content (AvgIpc) is 3.39. The highest BCUT2D eigenvalue weighted by molar-refractivity contribution is 7.47. The van der Waals surface area contributed by atoms with Gasteiger partial charge in [-0.1, -0.05) is 229 Å². The molecule has 0 aliphatic rings. The van der Waals surface area contributed by atoms with E-state index in [1.54, 1.807) is 0 Å². The Morgan fingerprint density at radius 3 is 1.11 bits per heavy atom. The van der Waals surface area contributed by atoms with Gasteiger partial charge >= 0.3 is 25.7 Å². The highest BCUT2D eigenvalue weighted by Gasteiger charge is 2.28. The SMILES string of the molecule is CC/C=C\C/C=C\C/C=C\C/C=C\CCCCCCCCC(=O)OC(COC(=O)CCCCCCCCCCCCC)COP(=O)(O)OCC(CO)OC(=O)CCCCCCCCC/C=C\C/C=C\CCCCC. The minimum Gasteiger partial charge on any atom is -0.462 e. The summed E-state index contributed by atoms with van der Waals surface area (Å²) < 4.78 is 39.5. The van der Waals surface area contributed by atoms with Crippen LogP contribution in [-0.2, 0) is 42.2 Å². The molecular formula is C62H109O11P. The van der Waals surface area contributed by atoms with E-state index < -0.39 is 57.8 Å². The zero-order valence-corrected chi connectivity index (χ0v) is 48.2. The third-order valence-electron chi connectivity index (χ3n) is 12.6. The molecule has 0 aliphatic heterocycles. The number of carbonyl (C=O) groups excluding carboxylic acids is 3. The van der Waals surface area contributed by atoms with Crippen LogP contribution in [0, 0.1) is 0 Å². The number of unbranched alkanes of at least 4 members (excludes halogenated alkanes) is 26. The Morgan fingerprint density at radius 1 is 0.392 bits per heavy atom. The minimum atomic E-state index is -4.75.